The Morgan fingerprint density at radius 1 is 1.10 bits per heavy atom. The molecule has 3 aromatic heterocycles. The third kappa shape index (κ3) is 5.64. The van der Waals surface area contributed by atoms with E-state index in [0.29, 0.717) is 60.5 Å². The predicted octanol–water partition coefficient (Wildman–Crippen LogP) is 5.89. The highest BCUT2D eigenvalue weighted by molar-refractivity contribution is 6.11. The van der Waals surface area contributed by atoms with Crippen LogP contribution in [0.3, 0.4) is 0 Å². The van der Waals surface area contributed by atoms with Gasteiger partial charge in [-0.15, -0.1) is 0 Å². The Balaban J connectivity index is 1.25. The van der Waals surface area contributed by atoms with Crippen LogP contribution in [-0.4, -0.2) is 64.5 Å². The van der Waals surface area contributed by atoms with Gasteiger partial charge in [0, 0.05) is 56.1 Å². The van der Waals surface area contributed by atoms with Gasteiger partial charge in [-0.05, 0) is 49.2 Å². The van der Waals surface area contributed by atoms with E-state index in [2.05, 4.69) is 15.6 Å². The molecule has 1 saturated heterocycles. The third-order valence-electron chi connectivity index (χ3n) is 9.08. The maximum Gasteiger partial charge on any atom is 0.417 e. The molecule has 2 aliphatic rings. The molecular weight excluding hydrogens is 647 g/mol. The number of imidazole rings is 1. The standard InChI is InChI=1S/C35H31F5N6O3/c1-34(16-49-17-34)42-9-4-7-27(47)43-29-23(36)12-20(13-24(29)37)33(48)26-14-19-8-11-44(2)32-28(21-6-5-10-46(26)31(19)21)22(35(38,39)40)15-25-30(32)41-18-45(25)3/h4-7,10,12-15,18,42H,8-9,11,16-17H2,1-3H3,(H,43,47)/b7-4+. The van der Waals surface area contributed by atoms with Gasteiger partial charge in [-0.1, -0.05) is 12.1 Å². The van der Waals surface area contributed by atoms with Crippen molar-refractivity contribution < 1.29 is 36.3 Å². The van der Waals surface area contributed by atoms with Crippen molar-refractivity contribution in [3.05, 3.63) is 95.1 Å². The second-order valence-corrected chi connectivity index (χ2v) is 12.7. The summed E-state index contributed by atoms with van der Waals surface area (Å²) in [5, 5.41) is 5.37. The molecule has 1 fully saturated rings. The molecule has 1 amide bonds. The Labute approximate surface area is 277 Å². The van der Waals surface area contributed by atoms with Gasteiger partial charge in [-0.25, -0.2) is 13.8 Å². The zero-order chi connectivity index (χ0) is 34.8. The zero-order valence-corrected chi connectivity index (χ0v) is 26.7. The quantitative estimate of drug-likeness (QED) is 0.127. The summed E-state index contributed by atoms with van der Waals surface area (Å²) in [6.45, 7) is 3.68. The summed E-state index contributed by atoms with van der Waals surface area (Å²) < 4.78 is 82.8. The monoisotopic (exact) mass is 678 g/mol. The van der Waals surface area contributed by atoms with Crippen molar-refractivity contribution in [3.8, 4) is 11.1 Å². The maximum absolute atomic E-state index is 15.2. The van der Waals surface area contributed by atoms with E-state index in [1.807, 2.05) is 6.92 Å². The van der Waals surface area contributed by atoms with Crippen molar-refractivity contribution in [2.24, 2.45) is 7.05 Å². The fourth-order valence-corrected chi connectivity index (χ4v) is 6.54. The number of hydrogen-bond donors (Lipinski definition) is 2. The second-order valence-electron chi connectivity index (χ2n) is 12.7. The smallest absolute Gasteiger partial charge is 0.377 e. The van der Waals surface area contributed by atoms with Gasteiger partial charge < -0.3 is 29.2 Å². The van der Waals surface area contributed by atoms with Crippen LogP contribution in [0.15, 0.2) is 61.1 Å². The molecule has 5 aromatic rings. The van der Waals surface area contributed by atoms with Crippen LogP contribution >= 0.6 is 0 Å². The first kappa shape index (κ1) is 32.5. The first-order valence-corrected chi connectivity index (χ1v) is 15.5. The molecular formula is C35H31F5N6O3. The number of rotatable bonds is 7. The molecule has 0 bridgehead atoms. The molecule has 0 aliphatic carbocycles. The molecule has 0 spiro atoms. The number of carbonyl (C=O) groups is 2. The van der Waals surface area contributed by atoms with Gasteiger partial charge in [0.1, 0.15) is 22.8 Å². The van der Waals surface area contributed by atoms with E-state index in [4.69, 9.17) is 4.74 Å². The zero-order valence-electron chi connectivity index (χ0n) is 26.7. The van der Waals surface area contributed by atoms with Crippen LogP contribution < -0.4 is 15.5 Å². The van der Waals surface area contributed by atoms with E-state index in [0.717, 1.165) is 24.3 Å². The average Bonchev–Trinajstić information content (AvgIpc) is 3.60. The Morgan fingerprint density at radius 3 is 2.51 bits per heavy atom. The number of amides is 1. The summed E-state index contributed by atoms with van der Waals surface area (Å²) >= 11 is 0. The number of carbonyl (C=O) groups excluding carboxylic acids is 2. The van der Waals surface area contributed by atoms with Crippen LogP contribution in [0.5, 0.6) is 0 Å². The summed E-state index contributed by atoms with van der Waals surface area (Å²) in [6.07, 6.45) is 1.30. The van der Waals surface area contributed by atoms with E-state index < -0.39 is 40.8 Å². The highest BCUT2D eigenvalue weighted by Gasteiger charge is 2.39. The van der Waals surface area contributed by atoms with E-state index in [-0.39, 0.29) is 27.9 Å². The minimum atomic E-state index is -4.72. The fraction of sp³-hybridized carbons (Fsp3) is 0.286. The van der Waals surface area contributed by atoms with Crippen LogP contribution in [-0.2, 0) is 29.2 Å². The van der Waals surface area contributed by atoms with Gasteiger partial charge in [0.2, 0.25) is 11.7 Å². The molecule has 2 aromatic carbocycles. The topological polar surface area (TPSA) is 92.9 Å². The molecule has 5 heterocycles. The first-order valence-electron chi connectivity index (χ1n) is 15.5. The number of hydrogen-bond acceptors (Lipinski definition) is 6. The van der Waals surface area contributed by atoms with Gasteiger partial charge in [-0.2, -0.15) is 13.2 Å². The van der Waals surface area contributed by atoms with Gasteiger partial charge in [0.15, 0.2) is 0 Å². The van der Waals surface area contributed by atoms with Crippen molar-refractivity contribution in [1.29, 1.82) is 0 Å². The van der Waals surface area contributed by atoms with E-state index in [9.17, 15) is 22.8 Å². The Kier molecular flexibility index (Phi) is 7.82. The van der Waals surface area contributed by atoms with Crippen molar-refractivity contribution in [2.45, 2.75) is 25.1 Å². The molecule has 0 atom stereocenters. The lowest BCUT2D eigenvalue weighted by atomic mass is 9.92. The lowest BCUT2D eigenvalue weighted by Gasteiger charge is -2.38. The summed E-state index contributed by atoms with van der Waals surface area (Å²) in [5.74, 6) is -3.84. The van der Waals surface area contributed by atoms with Crippen molar-refractivity contribution in [2.75, 3.05) is 43.6 Å². The molecule has 254 valence electrons. The van der Waals surface area contributed by atoms with Crippen LogP contribution in [0.25, 0.3) is 27.7 Å². The number of nitrogens with one attached hydrogen (secondary N) is 2. The van der Waals surface area contributed by atoms with Gasteiger partial charge in [0.25, 0.3) is 0 Å². The molecule has 7 rings (SSSR count). The Morgan fingerprint density at radius 2 is 1.84 bits per heavy atom. The summed E-state index contributed by atoms with van der Waals surface area (Å²) in [5.41, 5.74) is 0.112. The normalized spacial score (nSPS) is 15.7. The molecule has 0 unspecified atom stereocenters. The van der Waals surface area contributed by atoms with Crippen LogP contribution in [0.2, 0.25) is 0 Å². The van der Waals surface area contributed by atoms with Crippen LogP contribution in [0.1, 0.15) is 34.1 Å². The SMILES string of the molecule is CN1CCc2cc(C(=O)c3cc(F)c(NC(=O)/C=C/CNC4(C)COC4)c(F)c3)n3cccc(c23)-c2c(C(F)(F)F)cc3c(ncn3C)c21. The van der Waals surface area contributed by atoms with Crippen LogP contribution in [0, 0.1) is 11.6 Å². The molecule has 14 heteroatoms. The number of aryl methyl sites for hydroxylation is 1. The van der Waals surface area contributed by atoms with E-state index in [1.54, 1.807) is 31.1 Å². The fourth-order valence-electron chi connectivity index (χ4n) is 6.54. The molecule has 2 aliphatic heterocycles. The summed E-state index contributed by atoms with van der Waals surface area (Å²) in [4.78, 5) is 32.4. The lowest BCUT2D eigenvalue weighted by Crippen LogP contribution is -2.58. The predicted molar refractivity (Wildman–Crippen MR) is 174 cm³/mol. The summed E-state index contributed by atoms with van der Waals surface area (Å²) in [6, 6.07) is 7.38. The number of anilines is 2. The largest absolute Gasteiger partial charge is 0.417 e. The van der Waals surface area contributed by atoms with E-state index >= 15 is 8.78 Å². The summed E-state index contributed by atoms with van der Waals surface area (Å²) in [7, 11) is 3.33. The second kappa shape index (κ2) is 11.8. The average molecular weight is 679 g/mol. The van der Waals surface area contributed by atoms with Crippen LogP contribution in [0.4, 0.5) is 33.3 Å². The highest BCUT2D eigenvalue weighted by atomic mass is 19.4. The highest BCUT2D eigenvalue weighted by Crippen LogP contribution is 2.48. The molecule has 0 radical (unpaired) electrons. The molecule has 9 nitrogen and oxygen atoms in total. The molecule has 2 N–H and O–H groups in total. The molecule has 0 saturated carbocycles. The number of ether oxygens (including phenoxy) is 1. The number of nitrogens with zero attached hydrogens (tertiary/aromatic N) is 4. The number of pyridine rings is 1. The number of fused-ring (bicyclic) bond motifs is 4. The van der Waals surface area contributed by atoms with Gasteiger partial charge in [0.05, 0.1) is 53.1 Å². The number of ketones is 1. The number of halogens is 5. The lowest BCUT2D eigenvalue weighted by molar-refractivity contribution is -0.137. The number of benzene rings is 2. The molecule has 49 heavy (non-hydrogen) atoms. The van der Waals surface area contributed by atoms with E-state index in [1.165, 1.54) is 33.6 Å². The van der Waals surface area contributed by atoms with Gasteiger partial charge >= 0.3 is 6.18 Å². The first-order chi connectivity index (χ1) is 23.3. The van der Waals surface area contributed by atoms with Crippen molar-refractivity contribution in [3.63, 3.8) is 0 Å². The number of alkyl halides is 3. The maximum atomic E-state index is 15.2. The Bertz CT molecular complexity index is 2170. The Hall–Kier alpha value is -5.08. The number of likely N-dealkylation sites (N-methyl/N-ethyl adjacent to an activating group) is 1. The van der Waals surface area contributed by atoms with Gasteiger partial charge in [-0.3, -0.25) is 9.59 Å². The van der Waals surface area contributed by atoms with Crippen molar-refractivity contribution in [1.82, 2.24) is 19.3 Å². The minimum Gasteiger partial charge on any atom is -0.377 e. The van der Waals surface area contributed by atoms with Crippen molar-refractivity contribution >= 4 is 39.6 Å². The number of aromatic nitrogens is 3. The minimum absolute atomic E-state index is 0.0157. The third-order valence-corrected chi connectivity index (χ3v) is 9.08.